The number of para-hydroxylation sites is 1. The summed E-state index contributed by atoms with van der Waals surface area (Å²) in [5.41, 5.74) is 0.595. The summed E-state index contributed by atoms with van der Waals surface area (Å²) in [5.74, 6) is -1.03. The molecule has 0 aliphatic heterocycles. The number of carbonyl (C=O) groups is 2. The van der Waals surface area contributed by atoms with Gasteiger partial charge in [-0.3, -0.25) is 9.69 Å². The molecule has 0 radical (unpaired) electrons. The summed E-state index contributed by atoms with van der Waals surface area (Å²) in [4.78, 5) is 26.4. The van der Waals surface area contributed by atoms with Crippen molar-refractivity contribution in [3.05, 3.63) is 30.3 Å². The zero-order valence-corrected chi connectivity index (χ0v) is 12.2. The highest BCUT2D eigenvalue weighted by Gasteiger charge is 2.25. The van der Waals surface area contributed by atoms with Crippen LogP contribution in [0.1, 0.15) is 26.7 Å². The quantitative estimate of drug-likeness (QED) is 0.870. The molecule has 1 aromatic rings. The van der Waals surface area contributed by atoms with Crippen LogP contribution in [0, 0.1) is 0 Å². The van der Waals surface area contributed by atoms with Gasteiger partial charge in [0.25, 0.3) is 0 Å². The molecule has 5 nitrogen and oxygen atoms in total. The molecule has 0 fully saturated rings. The number of carbonyl (C=O) groups excluding carboxylic acids is 1. The largest absolute Gasteiger partial charge is 0.480 e. The Morgan fingerprint density at radius 1 is 1.15 bits per heavy atom. The van der Waals surface area contributed by atoms with Crippen LogP contribution in [0.25, 0.3) is 0 Å². The van der Waals surface area contributed by atoms with E-state index in [1.165, 1.54) is 4.90 Å². The van der Waals surface area contributed by atoms with Crippen molar-refractivity contribution < 1.29 is 14.7 Å². The van der Waals surface area contributed by atoms with E-state index >= 15 is 0 Å². The SMILES string of the molecule is CCC(CC)N(C)C(=O)N(CC(=O)O)c1ccccc1. The first-order valence-corrected chi connectivity index (χ1v) is 6.82. The molecule has 1 N–H and O–H groups in total. The molecule has 2 amide bonds. The molecular weight excluding hydrogens is 256 g/mol. The maximum Gasteiger partial charge on any atom is 0.325 e. The summed E-state index contributed by atoms with van der Waals surface area (Å²) in [5, 5.41) is 9.02. The van der Waals surface area contributed by atoms with Gasteiger partial charge in [0.05, 0.1) is 0 Å². The van der Waals surface area contributed by atoms with Gasteiger partial charge in [-0.25, -0.2) is 4.79 Å². The lowest BCUT2D eigenvalue weighted by Gasteiger charge is -2.32. The Bertz CT molecular complexity index is 444. The maximum atomic E-state index is 12.5. The Hall–Kier alpha value is -2.04. The van der Waals surface area contributed by atoms with Crippen molar-refractivity contribution in [2.45, 2.75) is 32.7 Å². The number of anilines is 1. The van der Waals surface area contributed by atoms with Gasteiger partial charge in [0, 0.05) is 18.8 Å². The molecule has 0 aromatic heterocycles. The average molecular weight is 278 g/mol. The minimum atomic E-state index is -1.03. The van der Waals surface area contributed by atoms with Crippen molar-refractivity contribution >= 4 is 17.7 Å². The van der Waals surface area contributed by atoms with Crippen molar-refractivity contribution in [2.24, 2.45) is 0 Å². The number of carboxylic acid groups (broad SMARTS) is 1. The highest BCUT2D eigenvalue weighted by molar-refractivity contribution is 5.96. The van der Waals surface area contributed by atoms with Gasteiger partial charge in [-0.2, -0.15) is 0 Å². The van der Waals surface area contributed by atoms with Gasteiger partial charge in [-0.15, -0.1) is 0 Å². The minimum absolute atomic E-state index is 0.113. The minimum Gasteiger partial charge on any atom is -0.480 e. The highest BCUT2D eigenvalue weighted by Crippen LogP contribution is 2.17. The van der Waals surface area contributed by atoms with Crippen molar-refractivity contribution in [3.8, 4) is 0 Å². The molecule has 0 unspecified atom stereocenters. The second kappa shape index (κ2) is 7.53. The first-order chi connectivity index (χ1) is 9.51. The van der Waals surface area contributed by atoms with Gasteiger partial charge in [0.1, 0.15) is 6.54 Å². The molecule has 0 aliphatic carbocycles. The predicted octanol–water partition coefficient (Wildman–Crippen LogP) is 2.82. The topological polar surface area (TPSA) is 60.9 Å². The van der Waals surface area contributed by atoms with E-state index in [2.05, 4.69) is 0 Å². The Labute approximate surface area is 119 Å². The van der Waals surface area contributed by atoms with E-state index in [1.807, 2.05) is 19.9 Å². The van der Waals surface area contributed by atoms with Crippen molar-refractivity contribution in [1.29, 1.82) is 0 Å². The first kappa shape index (κ1) is 16.0. The van der Waals surface area contributed by atoms with Crippen LogP contribution < -0.4 is 4.90 Å². The van der Waals surface area contributed by atoms with E-state index < -0.39 is 5.97 Å². The fourth-order valence-corrected chi connectivity index (χ4v) is 2.20. The Morgan fingerprint density at radius 3 is 2.15 bits per heavy atom. The van der Waals surface area contributed by atoms with E-state index in [9.17, 15) is 9.59 Å². The fourth-order valence-electron chi connectivity index (χ4n) is 2.20. The number of hydrogen-bond acceptors (Lipinski definition) is 2. The molecule has 5 heteroatoms. The molecule has 110 valence electrons. The van der Waals surface area contributed by atoms with E-state index in [4.69, 9.17) is 5.11 Å². The third kappa shape index (κ3) is 3.98. The molecule has 0 saturated carbocycles. The van der Waals surface area contributed by atoms with Gasteiger partial charge in [0.15, 0.2) is 0 Å². The Kier molecular flexibility index (Phi) is 6.03. The fraction of sp³-hybridized carbons (Fsp3) is 0.467. The lowest BCUT2D eigenvalue weighted by atomic mass is 10.1. The smallest absolute Gasteiger partial charge is 0.325 e. The maximum absolute atomic E-state index is 12.5. The molecule has 0 heterocycles. The second-order valence-corrected chi connectivity index (χ2v) is 4.68. The summed E-state index contributed by atoms with van der Waals surface area (Å²) in [7, 11) is 1.72. The zero-order valence-electron chi connectivity index (χ0n) is 12.2. The zero-order chi connectivity index (χ0) is 15.1. The molecular formula is C15H22N2O3. The second-order valence-electron chi connectivity index (χ2n) is 4.68. The molecule has 0 bridgehead atoms. The van der Waals surface area contributed by atoms with Crippen LogP contribution in [0.2, 0.25) is 0 Å². The molecule has 0 saturated heterocycles. The lowest BCUT2D eigenvalue weighted by Crippen LogP contribution is -2.47. The van der Waals surface area contributed by atoms with E-state index in [1.54, 1.807) is 36.2 Å². The highest BCUT2D eigenvalue weighted by atomic mass is 16.4. The summed E-state index contributed by atoms with van der Waals surface area (Å²) in [6, 6.07) is 8.71. The number of nitrogens with zero attached hydrogens (tertiary/aromatic N) is 2. The monoisotopic (exact) mass is 278 g/mol. The van der Waals surface area contributed by atoms with Crippen LogP contribution in [0.5, 0.6) is 0 Å². The number of hydrogen-bond donors (Lipinski definition) is 1. The van der Waals surface area contributed by atoms with Gasteiger partial charge in [-0.05, 0) is 25.0 Å². The molecule has 1 aromatic carbocycles. The summed E-state index contributed by atoms with van der Waals surface area (Å²) in [6.07, 6.45) is 1.68. The number of amides is 2. The molecule has 1 rings (SSSR count). The number of aliphatic carboxylic acids is 1. The lowest BCUT2D eigenvalue weighted by molar-refractivity contribution is -0.135. The van der Waals surface area contributed by atoms with Crippen molar-refractivity contribution in [1.82, 2.24) is 4.90 Å². The molecule has 0 atom stereocenters. The number of urea groups is 1. The van der Waals surface area contributed by atoms with E-state index in [-0.39, 0.29) is 18.6 Å². The third-order valence-electron chi connectivity index (χ3n) is 3.38. The van der Waals surface area contributed by atoms with Crippen LogP contribution in [-0.4, -0.2) is 41.6 Å². The van der Waals surface area contributed by atoms with Crippen LogP contribution in [-0.2, 0) is 4.79 Å². The van der Waals surface area contributed by atoms with Crippen LogP contribution in [0.15, 0.2) is 30.3 Å². The number of benzene rings is 1. The van der Waals surface area contributed by atoms with Crippen LogP contribution >= 0.6 is 0 Å². The number of carboxylic acids is 1. The first-order valence-electron chi connectivity index (χ1n) is 6.82. The summed E-state index contributed by atoms with van der Waals surface area (Å²) >= 11 is 0. The number of rotatable bonds is 6. The molecule has 20 heavy (non-hydrogen) atoms. The molecule has 0 spiro atoms. The van der Waals surface area contributed by atoms with Gasteiger partial charge in [-0.1, -0.05) is 32.0 Å². The van der Waals surface area contributed by atoms with E-state index in [0.29, 0.717) is 5.69 Å². The normalized spacial score (nSPS) is 10.4. The molecule has 0 aliphatic rings. The Morgan fingerprint density at radius 2 is 1.70 bits per heavy atom. The Balaban J connectivity index is 2.99. The van der Waals surface area contributed by atoms with Crippen molar-refractivity contribution in [2.75, 3.05) is 18.5 Å². The van der Waals surface area contributed by atoms with Gasteiger partial charge >= 0.3 is 12.0 Å². The van der Waals surface area contributed by atoms with Gasteiger partial charge in [0.2, 0.25) is 0 Å². The summed E-state index contributed by atoms with van der Waals surface area (Å²) in [6.45, 7) is 3.69. The van der Waals surface area contributed by atoms with Gasteiger partial charge < -0.3 is 10.0 Å². The standard InChI is InChI=1S/C15H22N2O3/c1-4-12(5-2)16(3)15(20)17(11-14(18)19)13-9-7-6-8-10-13/h6-10,12H,4-5,11H2,1-3H3,(H,18,19). The van der Waals surface area contributed by atoms with E-state index in [0.717, 1.165) is 12.8 Å². The third-order valence-corrected chi connectivity index (χ3v) is 3.38. The van der Waals surface area contributed by atoms with Crippen molar-refractivity contribution in [3.63, 3.8) is 0 Å². The predicted molar refractivity (Wildman–Crippen MR) is 79.0 cm³/mol. The van der Waals surface area contributed by atoms with Crippen LogP contribution in [0.4, 0.5) is 10.5 Å². The van der Waals surface area contributed by atoms with Crippen LogP contribution in [0.3, 0.4) is 0 Å². The summed E-state index contributed by atoms with van der Waals surface area (Å²) < 4.78 is 0. The average Bonchev–Trinajstić information content (AvgIpc) is 2.46.